The van der Waals surface area contributed by atoms with Gasteiger partial charge in [-0.15, -0.1) is 0 Å². The quantitative estimate of drug-likeness (QED) is 0.754. The maximum absolute atomic E-state index is 11.0. The molecule has 0 bridgehead atoms. The number of phenols is 1. The Labute approximate surface area is 125 Å². The standard InChI is InChI=1S/C16H24O5/c1-11(2)8-20-9-16(19,10-21-13(4)17)14-6-5-12(3)7-15(14)18/h5-7,11,18-19H,8-10H2,1-4H3. The van der Waals surface area contributed by atoms with Crippen molar-refractivity contribution in [2.75, 3.05) is 19.8 Å². The molecule has 1 aromatic rings. The first-order valence-electron chi connectivity index (χ1n) is 6.98. The third-order valence-electron chi connectivity index (χ3n) is 2.96. The Hall–Kier alpha value is -1.59. The molecular weight excluding hydrogens is 272 g/mol. The van der Waals surface area contributed by atoms with E-state index in [2.05, 4.69) is 0 Å². The first kappa shape index (κ1) is 17.5. The molecule has 0 radical (unpaired) electrons. The molecule has 0 aromatic heterocycles. The number of aliphatic hydroxyl groups is 1. The number of aromatic hydroxyl groups is 1. The molecule has 21 heavy (non-hydrogen) atoms. The van der Waals surface area contributed by atoms with E-state index in [1.165, 1.54) is 6.92 Å². The van der Waals surface area contributed by atoms with Gasteiger partial charge in [0.05, 0.1) is 6.61 Å². The van der Waals surface area contributed by atoms with Crippen LogP contribution < -0.4 is 0 Å². The van der Waals surface area contributed by atoms with Crippen LogP contribution in [0.4, 0.5) is 0 Å². The van der Waals surface area contributed by atoms with E-state index in [-0.39, 0.29) is 24.5 Å². The summed E-state index contributed by atoms with van der Waals surface area (Å²) in [5, 5.41) is 20.8. The van der Waals surface area contributed by atoms with Crippen molar-refractivity contribution in [3.8, 4) is 5.75 Å². The van der Waals surface area contributed by atoms with Gasteiger partial charge >= 0.3 is 5.97 Å². The lowest BCUT2D eigenvalue weighted by atomic mass is 9.93. The van der Waals surface area contributed by atoms with E-state index in [1.54, 1.807) is 18.2 Å². The van der Waals surface area contributed by atoms with E-state index in [9.17, 15) is 15.0 Å². The minimum atomic E-state index is -1.57. The second-order valence-corrected chi connectivity index (χ2v) is 5.74. The average Bonchev–Trinajstić information content (AvgIpc) is 2.35. The zero-order valence-corrected chi connectivity index (χ0v) is 13.0. The molecule has 5 heteroatoms. The van der Waals surface area contributed by atoms with Crippen LogP contribution in [0.3, 0.4) is 0 Å². The highest BCUT2D eigenvalue weighted by molar-refractivity contribution is 5.66. The summed E-state index contributed by atoms with van der Waals surface area (Å²) in [4.78, 5) is 11.0. The van der Waals surface area contributed by atoms with Crippen molar-refractivity contribution >= 4 is 5.97 Å². The molecule has 1 unspecified atom stereocenters. The van der Waals surface area contributed by atoms with E-state index in [0.717, 1.165) is 5.56 Å². The summed E-state index contributed by atoms with van der Waals surface area (Å²) < 4.78 is 10.4. The van der Waals surface area contributed by atoms with Crippen LogP contribution in [0, 0.1) is 12.8 Å². The molecule has 0 fully saturated rings. The molecule has 1 rings (SSSR count). The van der Waals surface area contributed by atoms with Crippen molar-refractivity contribution in [2.24, 2.45) is 5.92 Å². The Bertz CT molecular complexity index is 484. The third kappa shape index (κ3) is 5.36. The largest absolute Gasteiger partial charge is 0.508 e. The number of aryl methyl sites for hydroxylation is 1. The number of esters is 1. The predicted molar refractivity (Wildman–Crippen MR) is 79.0 cm³/mol. The number of carbonyl (C=O) groups is 1. The zero-order valence-electron chi connectivity index (χ0n) is 13.0. The molecule has 1 atom stereocenters. The van der Waals surface area contributed by atoms with Crippen LogP contribution in [0.25, 0.3) is 0 Å². The van der Waals surface area contributed by atoms with Gasteiger partial charge in [0.2, 0.25) is 0 Å². The average molecular weight is 296 g/mol. The van der Waals surface area contributed by atoms with Crippen molar-refractivity contribution in [3.05, 3.63) is 29.3 Å². The summed E-state index contributed by atoms with van der Waals surface area (Å²) in [5.74, 6) is -0.226. The molecule has 1 aromatic carbocycles. The van der Waals surface area contributed by atoms with E-state index in [1.807, 2.05) is 20.8 Å². The highest BCUT2D eigenvalue weighted by atomic mass is 16.6. The smallest absolute Gasteiger partial charge is 0.302 e. The Morgan fingerprint density at radius 1 is 1.33 bits per heavy atom. The van der Waals surface area contributed by atoms with Crippen molar-refractivity contribution in [2.45, 2.75) is 33.3 Å². The number of benzene rings is 1. The van der Waals surface area contributed by atoms with Gasteiger partial charge in [0, 0.05) is 19.1 Å². The lowest BCUT2D eigenvalue weighted by Gasteiger charge is -2.29. The monoisotopic (exact) mass is 296 g/mol. The SMILES string of the molecule is CC(=O)OCC(O)(COCC(C)C)c1ccc(C)cc1O. The zero-order chi connectivity index (χ0) is 16.0. The maximum Gasteiger partial charge on any atom is 0.302 e. The molecule has 2 N–H and O–H groups in total. The molecule has 0 aliphatic carbocycles. The van der Waals surface area contributed by atoms with E-state index in [4.69, 9.17) is 9.47 Å². The van der Waals surface area contributed by atoms with Gasteiger partial charge in [0.25, 0.3) is 0 Å². The molecule has 0 heterocycles. The lowest BCUT2D eigenvalue weighted by molar-refractivity contribution is -0.155. The number of hydrogen-bond donors (Lipinski definition) is 2. The van der Waals surface area contributed by atoms with Crippen LogP contribution in [0.15, 0.2) is 18.2 Å². The molecule has 0 aliphatic rings. The summed E-state index contributed by atoms with van der Waals surface area (Å²) >= 11 is 0. The van der Waals surface area contributed by atoms with Crippen LogP contribution in [-0.4, -0.2) is 36.0 Å². The number of phenolic OH excluding ortho intramolecular Hbond substituents is 1. The summed E-state index contributed by atoms with van der Waals surface area (Å²) in [6.07, 6.45) is 0. The fraction of sp³-hybridized carbons (Fsp3) is 0.562. The molecule has 0 aliphatic heterocycles. The minimum absolute atomic E-state index is 0.0437. The van der Waals surface area contributed by atoms with E-state index >= 15 is 0 Å². The van der Waals surface area contributed by atoms with Crippen LogP contribution in [0.1, 0.15) is 31.9 Å². The summed E-state index contributed by atoms with van der Waals surface area (Å²) in [7, 11) is 0. The molecule has 118 valence electrons. The maximum atomic E-state index is 11.0. The fourth-order valence-corrected chi connectivity index (χ4v) is 1.92. The Balaban J connectivity index is 2.96. The second kappa shape index (κ2) is 7.43. The van der Waals surface area contributed by atoms with E-state index in [0.29, 0.717) is 12.5 Å². The fourth-order valence-electron chi connectivity index (χ4n) is 1.92. The van der Waals surface area contributed by atoms with Crippen LogP contribution >= 0.6 is 0 Å². The summed E-state index contributed by atoms with van der Waals surface area (Å²) in [5.41, 5.74) is -0.412. The van der Waals surface area contributed by atoms with Gasteiger partial charge in [0.15, 0.2) is 5.60 Å². The minimum Gasteiger partial charge on any atom is -0.508 e. The van der Waals surface area contributed by atoms with Gasteiger partial charge in [-0.25, -0.2) is 0 Å². The van der Waals surface area contributed by atoms with Crippen LogP contribution in [0.2, 0.25) is 0 Å². The van der Waals surface area contributed by atoms with Crippen molar-refractivity contribution < 1.29 is 24.5 Å². The number of carbonyl (C=O) groups excluding carboxylic acids is 1. The molecule has 5 nitrogen and oxygen atoms in total. The first-order valence-corrected chi connectivity index (χ1v) is 6.98. The number of hydrogen-bond acceptors (Lipinski definition) is 5. The van der Waals surface area contributed by atoms with Gasteiger partial charge in [-0.3, -0.25) is 4.79 Å². The molecule has 0 spiro atoms. The number of ether oxygens (including phenoxy) is 2. The topological polar surface area (TPSA) is 76.0 Å². The first-order chi connectivity index (χ1) is 9.74. The van der Waals surface area contributed by atoms with Gasteiger partial charge in [-0.05, 0) is 24.5 Å². The summed E-state index contributed by atoms with van der Waals surface area (Å²) in [6, 6.07) is 4.94. The van der Waals surface area contributed by atoms with Gasteiger partial charge in [0.1, 0.15) is 12.4 Å². The van der Waals surface area contributed by atoms with Gasteiger partial charge in [-0.1, -0.05) is 26.0 Å². The van der Waals surface area contributed by atoms with E-state index < -0.39 is 11.6 Å². The van der Waals surface area contributed by atoms with Crippen LogP contribution in [0.5, 0.6) is 5.75 Å². The van der Waals surface area contributed by atoms with Gasteiger partial charge < -0.3 is 19.7 Å². The van der Waals surface area contributed by atoms with Crippen molar-refractivity contribution in [1.82, 2.24) is 0 Å². The van der Waals surface area contributed by atoms with Crippen molar-refractivity contribution in [3.63, 3.8) is 0 Å². The predicted octanol–water partition coefficient (Wildman–Crippen LogP) is 2.12. The van der Waals surface area contributed by atoms with Crippen LogP contribution in [-0.2, 0) is 19.9 Å². The Kier molecular flexibility index (Phi) is 6.18. The molecule has 0 amide bonds. The summed E-state index contributed by atoms with van der Waals surface area (Å²) in [6.45, 7) is 7.23. The normalized spacial score (nSPS) is 14.0. The highest BCUT2D eigenvalue weighted by Gasteiger charge is 2.34. The van der Waals surface area contributed by atoms with Gasteiger partial charge in [-0.2, -0.15) is 0 Å². The molecule has 0 saturated carbocycles. The lowest BCUT2D eigenvalue weighted by Crippen LogP contribution is -2.38. The third-order valence-corrected chi connectivity index (χ3v) is 2.96. The molecular formula is C16H24O5. The Morgan fingerprint density at radius 3 is 2.52 bits per heavy atom. The molecule has 0 saturated heterocycles. The van der Waals surface area contributed by atoms with Crippen molar-refractivity contribution in [1.29, 1.82) is 0 Å². The Morgan fingerprint density at radius 2 is 2.00 bits per heavy atom. The highest BCUT2D eigenvalue weighted by Crippen LogP contribution is 2.31. The number of rotatable bonds is 7. The second-order valence-electron chi connectivity index (χ2n) is 5.74.